The Morgan fingerprint density at radius 1 is 1.27 bits per heavy atom. The van der Waals surface area contributed by atoms with Gasteiger partial charge in [-0.15, -0.1) is 5.06 Å². The topological polar surface area (TPSA) is 94.9 Å². The average molecular weight is 450 g/mol. The fourth-order valence-electron chi connectivity index (χ4n) is 3.41. The van der Waals surface area contributed by atoms with E-state index >= 15 is 0 Å². The SMILES string of the molecule is CCN1CC(C#CC(C)(C)NC(=O)c2ccc(C)nc2)=C(c2cc(C(C)C)c(O)cc2O)O1. The van der Waals surface area contributed by atoms with Crippen LogP contribution in [0.25, 0.3) is 5.76 Å². The van der Waals surface area contributed by atoms with Crippen molar-refractivity contribution < 1.29 is 19.8 Å². The zero-order chi connectivity index (χ0) is 24.3. The molecule has 33 heavy (non-hydrogen) atoms. The molecule has 0 saturated heterocycles. The van der Waals surface area contributed by atoms with Gasteiger partial charge >= 0.3 is 0 Å². The van der Waals surface area contributed by atoms with E-state index in [1.807, 2.05) is 41.5 Å². The monoisotopic (exact) mass is 449 g/mol. The van der Waals surface area contributed by atoms with E-state index in [0.717, 1.165) is 5.69 Å². The van der Waals surface area contributed by atoms with Gasteiger partial charge in [0.15, 0.2) is 5.76 Å². The third-order valence-electron chi connectivity index (χ3n) is 5.32. The number of carbonyl (C=O) groups is 1. The Hall–Kier alpha value is -3.50. The van der Waals surface area contributed by atoms with E-state index in [2.05, 4.69) is 22.1 Å². The highest BCUT2D eigenvalue weighted by Crippen LogP contribution is 2.39. The zero-order valence-corrected chi connectivity index (χ0v) is 20.0. The molecule has 0 unspecified atom stereocenters. The first-order valence-corrected chi connectivity index (χ1v) is 11.0. The molecule has 0 saturated carbocycles. The minimum absolute atomic E-state index is 0.0410. The number of phenolic OH excluding ortho intramolecular Hbond substituents is 2. The van der Waals surface area contributed by atoms with E-state index in [-0.39, 0.29) is 23.3 Å². The molecule has 2 heterocycles. The zero-order valence-electron chi connectivity index (χ0n) is 20.0. The largest absolute Gasteiger partial charge is 0.508 e. The van der Waals surface area contributed by atoms with Crippen LogP contribution in [0.4, 0.5) is 0 Å². The highest BCUT2D eigenvalue weighted by Gasteiger charge is 2.27. The first kappa shape index (κ1) is 24.1. The van der Waals surface area contributed by atoms with Gasteiger partial charge in [-0.05, 0) is 57.4 Å². The molecule has 1 amide bonds. The van der Waals surface area contributed by atoms with Gasteiger partial charge in [-0.1, -0.05) is 25.7 Å². The summed E-state index contributed by atoms with van der Waals surface area (Å²) in [5.74, 6) is 6.50. The van der Waals surface area contributed by atoms with Crippen LogP contribution in [0.5, 0.6) is 11.5 Å². The number of hydrogen-bond donors (Lipinski definition) is 3. The molecule has 174 valence electrons. The van der Waals surface area contributed by atoms with Gasteiger partial charge in [-0.2, -0.15) is 0 Å². The summed E-state index contributed by atoms with van der Waals surface area (Å²) >= 11 is 0. The van der Waals surface area contributed by atoms with Crippen LogP contribution in [0.1, 0.15) is 67.7 Å². The lowest BCUT2D eigenvalue weighted by Gasteiger charge is -2.19. The van der Waals surface area contributed by atoms with E-state index in [1.54, 1.807) is 29.5 Å². The quantitative estimate of drug-likeness (QED) is 0.595. The number of carbonyl (C=O) groups excluding carboxylic acids is 1. The normalized spacial score (nSPS) is 14.2. The Labute approximate surface area is 195 Å². The average Bonchev–Trinajstić information content (AvgIpc) is 3.15. The minimum Gasteiger partial charge on any atom is -0.508 e. The predicted octanol–water partition coefficient (Wildman–Crippen LogP) is 4.11. The van der Waals surface area contributed by atoms with Crippen molar-refractivity contribution in [3.63, 3.8) is 0 Å². The highest BCUT2D eigenvalue weighted by molar-refractivity contribution is 5.94. The molecule has 7 nitrogen and oxygen atoms in total. The number of amides is 1. The Morgan fingerprint density at radius 3 is 2.61 bits per heavy atom. The van der Waals surface area contributed by atoms with Crippen LogP contribution in [0, 0.1) is 18.8 Å². The van der Waals surface area contributed by atoms with Crippen LogP contribution in [0.3, 0.4) is 0 Å². The summed E-state index contributed by atoms with van der Waals surface area (Å²) in [4.78, 5) is 22.7. The number of aromatic hydroxyl groups is 2. The summed E-state index contributed by atoms with van der Waals surface area (Å²) in [6.45, 7) is 12.5. The number of aromatic nitrogens is 1. The molecule has 0 spiro atoms. The lowest BCUT2D eigenvalue weighted by molar-refractivity contribution is -0.0563. The summed E-state index contributed by atoms with van der Waals surface area (Å²) in [7, 11) is 0. The fraction of sp³-hybridized carbons (Fsp3) is 0.385. The van der Waals surface area contributed by atoms with Gasteiger partial charge in [0.05, 0.1) is 28.8 Å². The van der Waals surface area contributed by atoms with Gasteiger partial charge in [0.1, 0.15) is 11.5 Å². The van der Waals surface area contributed by atoms with E-state index in [0.29, 0.717) is 41.1 Å². The van der Waals surface area contributed by atoms with Crippen molar-refractivity contribution >= 4 is 11.7 Å². The molecule has 1 aliphatic rings. The van der Waals surface area contributed by atoms with Crippen LogP contribution in [-0.4, -0.2) is 44.8 Å². The van der Waals surface area contributed by atoms with Crippen LogP contribution < -0.4 is 5.32 Å². The number of phenols is 2. The van der Waals surface area contributed by atoms with Crippen molar-refractivity contribution in [3.05, 3.63) is 58.4 Å². The van der Waals surface area contributed by atoms with Crippen molar-refractivity contribution in [1.29, 1.82) is 0 Å². The van der Waals surface area contributed by atoms with E-state index in [4.69, 9.17) is 4.84 Å². The van der Waals surface area contributed by atoms with Crippen molar-refractivity contribution in [3.8, 4) is 23.3 Å². The first-order chi connectivity index (χ1) is 15.5. The summed E-state index contributed by atoms with van der Waals surface area (Å²) in [6.07, 6.45) is 1.54. The third-order valence-corrected chi connectivity index (χ3v) is 5.32. The van der Waals surface area contributed by atoms with Gasteiger partial charge in [0.2, 0.25) is 0 Å². The Balaban J connectivity index is 1.93. The number of rotatable bonds is 5. The molecule has 3 rings (SSSR count). The number of aryl methyl sites for hydroxylation is 1. The van der Waals surface area contributed by atoms with Gasteiger partial charge in [-0.3, -0.25) is 9.78 Å². The van der Waals surface area contributed by atoms with Crippen LogP contribution in [0.2, 0.25) is 0 Å². The van der Waals surface area contributed by atoms with Crippen LogP contribution >= 0.6 is 0 Å². The molecule has 0 atom stereocenters. The molecule has 3 N–H and O–H groups in total. The number of nitrogens with one attached hydrogen (secondary N) is 1. The minimum atomic E-state index is -0.820. The number of likely N-dealkylation sites (N-methyl/N-ethyl adjacent to an activating group) is 1. The lowest BCUT2D eigenvalue weighted by Crippen LogP contribution is -2.42. The second-order valence-electron chi connectivity index (χ2n) is 8.96. The Bertz CT molecular complexity index is 1140. The van der Waals surface area contributed by atoms with Crippen molar-refractivity contribution in [2.45, 2.75) is 53.0 Å². The van der Waals surface area contributed by atoms with Gasteiger partial charge in [-0.25, -0.2) is 0 Å². The maximum absolute atomic E-state index is 12.6. The molecular weight excluding hydrogens is 418 g/mol. The molecule has 1 aromatic carbocycles. The van der Waals surface area contributed by atoms with Gasteiger partial charge < -0.3 is 20.4 Å². The molecule has 1 aliphatic heterocycles. The van der Waals surface area contributed by atoms with E-state index < -0.39 is 5.54 Å². The van der Waals surface area contributed by atoms with Crippen molar-refractivity contribution in [1.82, 2.24) is 15.4 Å². The highest BCUT2D eigenvalue weighted by atomic mass is 16.7. The predicted molar refractivity (Wildman–Crippen MR) is 127 cm³/mol. The standard InChI is InChI=1S/C26H31N3O4/c1-7-29-15-19(24(33-29)21-12-20(16(2)3)22(30)13-23(21)31)10-11-26(5,6)28-25(32)18-9-8-17(4)27-14-18/h8-9,12-14,16,30-31H,7,15H2,1-6H3,(H,28,32). The van der Waals surface area contributed by atoms with E-state index in [9.17, 15) is 15.0 Å². The molecular formula is C26H31N3O4. The maximum atomic E-state index is 12.6. The molecule has 0 bridgehead atoms. The second-order valence-corrected chi connectivity index (χ2v) is 8.96. The van der Waals surface area contributed by atoms with E-state index in [1.165, 1.54) is 6.07 Å². The fourth-order valence-corrected chi connectivity index (χ4v) is 3.41. The lowest BCUT2D eigenvalue weighted by atomic mass is 9.97. The van der Waals surface area contributed by atoms with Crippen molar-refractivity contribution in [2.75, 3.05) is 13.1 Å². The molecule has 0 aliphatic carbocycles. The molecule has 0 fully saturated rings. The second kappa shape index (κ2) is 9.55. The number of benzene rings is 1. The number of hydrogen-bond acceptors (Lipinski definition) is 6. The number of hydroxylamine groups is 2. The van der Waals surface area contributed by atoms with Crippen LogP contribution in [-0.2, 0) is 4.84 Å². The molecule has 7 heteroatoms. The first-order valence-electron chi connectivity index (χ1n) is 11.0. The molecule has 1 aromatic heterocycles. The van der Waals surface area contributed by atoms with Crippen LogP contribution in [0.15, 0.2) is 36.0 Å². The summed E-state index contributed by atoms with van der Waals surface area (Å²) in [6, 6.07) is 6.59. The van der Waals surface area contributed by atoms with Gasteiger partial charge in [0, 0.05) is 24.5 Å². The Morgan fingerprint density at radius 2 is 2.00 bits per heavy atom. The summed E-state index contributed by atoms with van der Waals surface area (Å²) < 4.78 is 0. The third kappa shape index (κ3) is 5.65. The molecule has 2 aromatic rings. The maximum Gasteiger partial charge on any atom is 0.254 e. The summed E-state index contributed by atoms with van der Waals surface area (Å²) in [5, 5.41) is 25.4. The smallest absolute Gasteiger partial charge is 0.254 e. The van der Waals surface area contributed by atoms with Gasteiger partial charge in [0.25, 0.3) is 5.91 Å². The van der Waals surface area contributed by atoms with Crippen molar-refractivity contribution in [2.24, 2.45) is 0 Å². The number of pyridine rings is 1. The Kier molecular flexibility index (Phi) is 6.99. The molecule has 0 radical (unpaired) electrons. The number of nitrogens with zero attached hydrogens (tertiary/aromatic N) is 2. The summed E-state index contributed by atoms with van der Waals surface area (Å²) in [5.41, 5.74) is 2.35.